The maximum Gasteiger partial charge on any atom is 0.337 e. The van der Waals surface area contributed by atoms with Gasteiger partial charge in [-0.2, -0.15) is 0 Å². The quantitative estimate of drug-likeness (QED) is 0.843. The van der Waals surface area contributed by atoms with Crippen LogP contribution in [-0.4, -0.2) is 22.6 Å². The van der Waals surface area contributed by atoms with Gasteiger partial charge in [0, 0.05) is 6.54 Å². The second kappa shape index (κ2) is 5.17. The van der Waals surface area contributed by atoms with Crippen LogP contribution in [0.1, 0.15) is 43.2 Å². The van der Waals surface area contributed by atoms with Crippen LogP contribution in [0, 0.1) is 12.3 Å². The highest BCUT2D eigenvalue weighted by atomic mass is 16.4. The maximum atomic E-state index is 10.8. The van der Waals surface area contributed by atoms with Crippen molar-refractivity contribution in [1.82, 2.24) is 4.98 Å². The molecule has 0 saturated carbocycles. The molecule has 94 valence electrons. The zero-order valence-corrected chi connectivity index (χ0v) is 10.9. The van der Waals surface area contributed by atoms with Crippen molar-refractivity contribution in [3.05, 3.63) is 23.4 Å². The van der Waals surface area contributed by atoms with Gasteiger partial charge in [0.2, 0.25) is 0 Å². The monoisotopic (exact) mass is 236 g/mol. The van der Waals surface area contributed by atoms with Gasteiger partial charge in [0.15, 0.2) is 0 Å². The first-order chi connectivity index (χ1) is 7.79. The van der Waals surface area contributed by atoms with Crippen LogP contribution in [0.5, 0.6) is 0 Å². The van der Waals surface area contributed by atoms with Crippen LogP contribution in [-0.2, 0) is 0 Å². The molecular formula is C13H20N2O2. The number of carboxylic acids is 1. The molecule has 0 amide bonds. The molecule has 4 heteroatoms. The van der Waals surface area contributed by atoms with Gasteiger partial charge in [-0.15, -0.1) is 0 Å². The minimum Gasteiger partial charge on any atom is -0.478 e. The lowest BCUT2D eigenvalue weighted by molar-refractivity contribution is 0.0695. The first kappa shape index (κ1) is 13.5. The highest BCUT2D eigenvalue weighted by Crippen LogP contribution is 2.18. The fourth-order valence-electron chi connectivity index (χ4n) is 1.45. The average Bonchev–Trinajstić information content (AvgIpc) is 2.15. The third-order valence-electron chi connectivity index (χ3n) is 2.50. The van der Waals surface area contributed by atoms with E-state index >= 15 is 0 Å². The van der Waals surface area contributed by atoms with E-state index in [-0.39, 0.29) is 11.0 Å². The van der Waals surface area contributed by atoms with Gasteiger partial charge in [0.1, 0.15) is 5.82 Å². The molecule has 1 rings (SSSR count). The van der Waals surface area contributed by atoms with E-state index in [9.17, 15) is 4.79 Å². The molecule has 0 unspecified atom stereocenters. The fourth-order valence-corrected chi connectivity index (χ4v) is 1.45. The minimum atomic E-state index is -0.934. The molecule has 0 spiro atoms. The number of carboxylic acid groups (broad SMARTS) is 1. The Hall–Kier alpha value is -1.58. The highest BCUT2D eigenvalue weighted by Gasteiger charge is 2.11. The summed E-state index contributed by atoms with van der Waals surface area (Å²) in [6.45, 7) is 9.09. The van der Waals surface area contributed by atoms with Gasteiger partial charge < -0.3 is 10.4 Å². The Kier molecular flexibility index (Phi) is 4.10. The number of aromatic nitrogens is 1. The van der Waals surface area contributed by atoms with E-state index in [0.29, 0.717) is 5.69 Å². The van der Waals surface area contributed by atoms with E-state index in [1.807, 2.05) is 0 Å². The molecule has 1 aromatic rings. The third-order valence-corrected chi connectivity index (χ3v) is 2.50. The van der Waals surface area contributed by atoms with Gasteiger partial charge in [0.25, 0.3) is 0 Å². The summed E-state index contributed by atoms with van der Waals surface area (Å²) in [5.41, 5.74) is 1.08. The number of anilines is 1. The standard InChI is InChI=1S/C13H20N2O2/c1-9-10(12(16)17)5-6-11(15-9)14-8-7-13(2,3)4/h5-6H,7-8H2,1-4H3,(H,14,15)(H,16,17). The molecule has 0 aromatic carbocycles. The molecule has 1 aromatic heterocycles. The smallest absolute Gasteiger partial charge is 0.337 e. The van der Waals surface area contributed by atoms with Crippen LogP contribution in [0.3, 0.4) is 0 Å². The summed E-state index contributed by atoms with van der Waals surface area (Å²) in [5.74, 6) is -0.201. The van der Waals surface area contributed by atoms with Crippen LogP contribution in [0.25, 0.3) is 0 Å². The summed E-state index contributed by atoms with van der Waals surface area (Å²) in [5, 5.41) is 12.1. The number of aromatic carboxylic acids is 1. The Morgan fingerprint density at radius 2 is 2.06 bits per heavy atom. The number of nitrogens with zero attached hydrogens (tertiary/aromatic N) is 1. The third kappa shape index (κ3) is 4.43. The van der Waals surface area contributed by atoms with Crippen molar-refractivity contribution in [2.45, 2.75) is 34.1 Å². The predicted octanol–water partition coefficient (Wildman–Crippen LogP) is 2.94. The molecule has 0 radical (unpaired) electrons. The molecule has 0 bridgehead atoms. The number of nitrogens with one attached hydrogen (secondary N) is 1. The number of aryl methyl sites for hydroxylation is 1. The SMILES string of the molecule is Cc1nc(NCCC(C)(C)C)ccc1C(=O)O. The van der Waals surface area contributed by atoms with Crippen LogP contribution in [0.4, 0.5) is 5.82 Å². The first-order valence-corrected chi connectivity index (χ1v) is 5.74. The van der Waals surface area contributed by atoms with Gasteiger partial charge in [-0.3, -0.25) is 0 Å². The van der Waals surface area contributed by atoms with E-state index < -0.39 is 5.97 Å². The largest absolute Gasteiger partial charge is 0.478 e. The number of hydrogen-bond acceptors (Lipinski definition) is 3. The van der Waals surface area contributed by atoms with Crippen molar-refractivity contribution < 1.29 is 9.90 Å². The summed E-state index contributed by atoms with van der Waals surface area (Å²) in [6, 6.07) is 3.29. The average molecular weight is 236 g/mol. The zero-order valence-electron chi connectivity index (χ0n) is 10.9. The van der Waals surface area contributed by atoms with Gasteiger partial charge >= 0.3 is 5.97 Å². The molecule has 1 heterocycles. The van der Waals surface area contributed by atoms with E-state index in [1.165, 1.54) is 0 Å². The van der Waals surface area contributed by atoms with Crippen molar-refractivity contribution in [3.63, 3.8) is 0 Å². The Morgan fingerprint density at radius 1 is 1.41 bits per heavy atom. The van der Waals surface area contributed by atoms with E-state index in [0.717, 1.165) is 18.8 Å². The molecule has 4 nitrogen and oxygen atoms in total. The van der Waals surface area contributed by atoms with Crippen molar-refractivity contribution in [2.24, 2.45) is 5.41 Å². The van der Waals surface area contributed by atoms with Crippen LogP contribution in [0.2, 0.25) is 0 Å². The van der Waals surface area contributed by atoms with Crippen LogP contribution < -0.4 is 5.32 Å². The van der Waals surface area contributed by atoms with E-state index in [2.05, 4.69) is 31.1 Å². The lowest BCUT2D eigenvalue weighted by Gasteiger charge is -2.18. The van der Waals surface area contributed by atoms with E-state index in [4.69, 9.17) is 5.11 Å². The summed E-state index contributed by atoms with van der Waals surface area (Å²) in [4.78, 5) is 15.0. The van der Waals surface area contributed by atoms with E-state index in [1.54, 1.807) is 19.1 Å². The van der Waals surface area contributed by atoms with Crippen LogP contribution in [0.15, 0.2) is 12.1 Å². The van der Waals surface area contributed by atoms with Gasteiger partial charge in [-0.05, 0) is 30.9 Å². The predicted molar refractivity (Wildman–Crippen MR) is 68.5 cm³/mol. The molecule has 0 aliphatic heterocycles. The fraction of sp³-hybridized carbons (Fsp3) is 0.538. The Morgan fingerprint density at radius 3 is 2.53 bits per heavy atom. The Bertz CT molecular complexity index is 408. The van der Waals surface area contributed by atoms with Gasteiger partial charge in [-0.1, -0.05) is 20.8 Å². The van der Waals surface area contributed by atoms with Gasteiger partial charge in [-0.25, -0.2) is 9.78 Å². The topological polar surface area (TPSA) is 62.2 Å². The van der Waals surface area contributed by atoms with Crippen molar-refractivity contribution >= 4 is 11.8 Å². The van der Waals surface area contributed by atoms with Crippen LogP contribution >= 0.6 is 0 Å². The summed E-state index contributed by atoms with van der Waals surface area (Å²) >= 11 is 0. The maximum absolute atomic E-state index is 10.8. The second-order valence-electron chi connectivity index (χ2n) is 5.37. The van der Waals surface area contributed by atoms with Crippen molar-refractivity contribution in [3.8, 4) is 0 Å². The molecular weight excluding hydrogens is 216 g/mol. The molecule has 2 N–H and O–H groups in total. The summed E-state index contributed by atoms with van der Waals surface area (Å²) in [6.07, 6.45) is 1.04. The minimum absolute atomic E-state index is 0.256. The van der Waals surface area contributed by atoms with Crippen molar-refractivity contribution in [2.75, 3.05) is 11.9 Å². The molecule has 0 atom stereocenters. The Labute approximate surface area is 102 Å². The summed E-state index contributed by atoms with van der Waals surface area (Å²) < 4.78 is 0. The second-order valence-corrected chi connectivity index (χ2v) is 5.37. The van der Waals surface area contributed by atoms with Gasteiger partial charge in [0.05, 0.1) is 11.3 Å². The number of hydrogen-bond donors (Lipinski definition) is 2. The molecule has 17 heavy (non-hydrogen) atoms. The number of pyridine rings is 1. The Balaban J connectivity index is 2.62. The number of rotatable bonds is 4. The highest BCUT2D eigenvalue weighted by molar-refractivity contribution is 5.89. The molecule has 0 saturated heterocycles. The molecule has 0 fully saturated rings. The summed E-state index contributed by atoms with van der Waals surface area (Å²) in [7, 11) is 0. The zero-order chi connectivity index (χ0) is 13.1. The van der Waals surface area contributed by atoms with Crippen molar-refractivity contribution in [1.29, 1.82) is 0 Å². The lowest BCUT2D eigenvalue weighted by Crippen LogP contribution is -2.14. The lowest BCUT2D eigenvalue weighted by atomic mass is 9.92. The first-order valence-electron chi connectivity index (χ1n) is 5.74. The molecule has 0 aliphatic rings. The normalized spacial score (nSPS) is 11.3. The molecule has 0 aliphatic carbocycles. The number of carbonyl (C=O) groups is 1.